The Morgan fingerprint density at radius 2 is 1.74 bits per heavy atom. The lowest BCUT2D eigenvalue weighted by Gasteiger charge is -2.03. The third kappa shape index (κ3) is 3.34. The van der Waals surface area contributed by atoms with Crippen LogP contribution in [-0.4, -0.2) is 31.1 Å². The zero-order valence-electron chi connectivity index (χ0n) is 13.4. The first-order valence-electron chi connectivity index (χ1n) is 7.28. The highest BCUT2D eigenvalue weighted by Gasteiger charge is 2.27. The van der Waals surface area contributed by atoms with Gasteiger partial charge >= 0.3 is 11.9 Å². The monoisotopic (exact) mass is 313 g/mol. The maximum absolute atomic E-state index is 12.2. The molecule has 0 bridgehead atoms. The van der Waals surface area contributed by atoms with Crippen LogP contribution in [-0.2, 0) is 9.47 Å². The van der Waals surface area contributed by atoms with Crippen LogP contribution in [0.3, 0.4) is 0 Å². The number of benzene rings is 1. The fourth-order valence-corrected chi connectivity index (χ4v) is 2.32. The third-order valence-corrected chi connectivity index (χ3v) is 3.40. The van der Waals surface area contributed by atoms with Gasteiger partial charge in [0, 0.05) is 5.56 Å². The number of ether oxygens (including phenoxy) is 2. The van der Waals surface area contributed by atoms with Crippen molar-refractivity contribution in [1.29, 1.82) is 0 Å². The summed E-state index contributed by atoms with van der Waals surface area (Å²) < 4.78 is 9.62. The molecule has 120 valence electrons. The molecule has 0 radical (unpaired) electrons. The van der Waals surface area contributed by atoms with Gasteiger partial charge in [-0.05, 0) is 12.0 Å². The molecule has 0 spiro atoms. The van der Waals surface area contributed by atoms with Crippen molar-refractivity contribution >= 4 is 18.0 Å². The standard InChI is InChI=1S/C18H19NO4/c1-4-5-11-13-14(17(20)22-2)16(18(21)23-3)19-15(13)12-9-7-6-8-10-12/h5-11,19H,4H2,1-3H3/b11-5+. The normalized spacial score (nSPS) is 10.7. The molecular weight excluding hydrogens is 294 g/mol. The Bertz CT molecular complexity index is 729. The van der Waals surface area contributed by atoms with E-state index in [-0.39, 0.29) is 11.3 Å². The maximum atomic E-state index is 12.2. The van der Waals surface area contributed by atoms with Gasteiger partial charge in [0.15, 0.2) is 0 Å². The van der Waals surface area contributed by atoms with Crippen molar-refractivity contribution in [2.75, 3.05) is 14.2 Å². The minimum absolute atomic E-state index is 0.0916. The van der Waals surface area contributed by atoms with Gasteiger partial charge in [0.05, 0.1) is 25.5 Å². The Morgan fingerprint density at radius 1 is 1.09 bits per heavy atom. The van der Waals surface area contributed by atoms with Crippen molar-refractivity contribution in [3.63, 3.8) is 0 Å². The van der Waals surface area contributed by atoms with E-state index in [2.05, 4.69) is 4.98 Å². The Balaban J connectivity index is 2.75. The van der Waals surface area contributed by atoms with E-state index in [1.165, 1.54) is 14.2 Å². The molecule has 0 atom stereocenters. The number of hydrogen-bond donors (Lipinski definition) is 1. The Morgan fingerprint density at radius 3 is 2.30 bits per heavy atom. The van der Waals surface area contributed by atoms with E-state index in [1.54, 1.807) is 0 Å². The van der Waals surface area contributed by atoms with Gasteiger partial charge in [-0.25, -0.2) is 9.59 Å². The highest BCUT2D eigenvalue weighted by atomic mass is 16.5. The van der Waals surface area contributed by atoms with Gasteiger partial charge in [0.2, 0.25) is 0 Å². The molecule has 23 heavy (non-hydrogen) atoms. The number of H-pyrrole nitrogens is 1. The van der Waals surface area contributed by atoms with E-state index in [0.717, 1.165) is 12.0 Å². The molecule has 1 N–H and O–H groups in total. The molecule has 5 heteroatoms. The lowest BCUT2D eigenvalue weighted by Crippen LogP contribution is -2.11. The summed E-state index contributed by atoms with van der Waals surface area (Å²) in [6.45, 7) is 1.99. The van der Waals surface area contributed by atoms with Gasteiger partial charge < -0.3 is 14.5 Å². The number of methoxy groups -OCH3 is 2. The molecule has 0 aliphatic carbocycles. The molecule has 1 aromatic carbocycles. The number of rotatable bonds is 5. The van der Waals surface area contributed by atoms with Gasteiger partial charge in [-0.15, -0.1) is 0 Å². The minimum Gasteiger partial charge on any atom is -0.465 e. The highest BCUT2D eigenvalue weighted by Crippen LogP contribution is 2.30. The summed E-state index contributed by atoms with van der Waals surface area (Å²) in [4.78, 5) is 27.3. The number of allylic oxidation sites excluding steroid dienone is 1. The summed E-state index contributed by atoms with van der Waals surface area (Å²) in [5.74, 6) is -1.20. The Labute approximate surface area is 134 Å². The van der Waals surface area contributed by atoms with Crippen LogP contribution >= 0.6 is 0 Å². The first kappa shape index (κ1) is 16.5. The molecule has 0 unspecified atom stereocenters. The van der Waals surface area contributed by atoms with Crippen LogP contribution in [0.25, 0.3) is 17.3 Å². The molecule has 1 heterocycles. The average Bonchev–Trinajstić information content (AvgIpc) is 2.98. The van der Waals surface area contributed by atoms with Crippen molar-refractivity contribution in [3.8, 4) is 11.3 Å². The lowest BCUT2D eigenvalue weighted by atomic mass is 10.0. The van der Waals surface area contributed by atoms with Crippen molar-refractivity contribution in [2.24, 2.45) is 0 Å². The minimum atomic E-state index is -0.612. The summed E-state index contributed by atoms with van der Waals surface area (Å²) in [6, 6.07) is 9.48. The molecule has 0 saturated heterocycles. The van der Waals surface area contributed by atoms with Crippen molar-refractivity contribution in [2.45, 2.75) is 13.3 Å². The number of carbonyl (C=O) groups excluding carboxylic acids is 2. The summed E-state index contributed by atoms with van der Waals surface area (Å²) in [5.41, 5.74) is 2.43. The SMILES string of the molecule is CC/C=C/c1c(-c2ccccc2)[nH]c(C(=O)OC)c1C(=O)OC. The molecule has 0 amide bonds. The molecule has 0 saturated carbocycles. The summed E-state index contributed by atoms with van der Waals surface area (Å²) in [7, 11) is 2.56. The third-order valence-electron chi connectivity index (χ3n) is 3.40. The molecule has 1 aromatic heterocycles. The van der Waals surface area contributed by atoms with Gasteiger partial charge in [-0.3, -0.25) is 0 Å². The van der Waals surface area contributed by atoms with Crippen LogP contribution in [0.5, 0.6) is 0 Å². The maximum Gasteiger partial charge on any atom is 0.355 e. The Kier molecular flexibility index (Phi) is 5.36. The quantitative estimate of drug-likeness (QED) is 0.855. The van der Waals surface area contributed by atoms with Gasteiger partial charge in [0.1, 0.15) is 5.69 Å². The van der Waals surface area contributed by atoms with E-state index in [0.29, 0.717) is 11.3 Å². The Hall–Kier alpha value is -2.82. The average molecular weight is 313 g/mol. The van der Waals surface area contributed by atoms with E-state index >= 15 is 0 Å². The van der Waals surface area contributed by atoms with Crippen LogP contribution in [0, 0.1) is 0 Å². The number of aromatic nitrogens is 1. The lowest BCUT2D eigenvalue weighted by molar-refractivity contribution is 0.0552. The van der Waals surface area contributed by atoms with Crippen LogP contribution in [0.4, 0.5) is 0 Å². The van der Waals surface area contributed by atoms with Crippen molar-refractivity contribution in [1.82, 2.24) is 4.98 Å². The van der Waals surface area contributed by atoms with E-state index in [9.17, 15) is 9.59 Å². The zero-order chi connectivity index (χ0) is 16.8. The van der Waals surface area contributed by atoms with Crippen LogP contribution in [0.1, 0.15) is 39.8 Å². The second kappa shape index (κ2) is 7.45. The van der Waals surface area contributed by atoms with E-state index < -0.39 is 11.9 Å². The van der Waals surface area contributed by atoms with E-state index in [4.69, 9.17) is 9.47 Å². The molecular formula is C18H19NO4. The topological polar surface area (TPSA) is 68.4 Å². The molecule has 2 rings (SSSR count). The van der Waals surface area contributed by atoms with Gasteiger partial charge in [-0.1, -0.05) is 49.4 Å². The summed E-state index contributed by atoms with van der Waals surface area (Å²) in [5, 5.41) is 0. The molecule has 5 nitrogen and oxygen atoms in total. The smallest absolute Gasteiger partial charge is 0.355 e. The molecule has 0 aliphatic rings. The predicted molar refractivity (Wildman–Crippen MR) is 88.2 cm³/mol. The van der Waals surface area contributed by atoms with Crippen LogP contribution in [0.15, 0.2) is 36.4 Å². The van der Waals surface area contributed by atoms with Gasteiger partial charge in [0.25, 0.3) is 0 Å². The molecule has 0 fully saturated rings. The zero-order valence-corrected chi connectivity index (χ0v) is 13.4. The summed E-state index contributed by atoms with van der Waals surface area (Å²) in [6.07, 6.45) is 4.54. The first-order valence-corrected chi connectivity index (χ1v) is 7.28. The fourth-order valence-electron chi connectivity index (χ4n) is 2.32. The molecule has 2 aromatic rings. The molecule has 0 aliphatic heterocycles. The summed E-state index contributed by atoms with van der Waals surface area (Å²) >= 11 is 0. The van der Waals surface area contributed by atoms with Gasteiger partial charge in [-0.2, -0.15) is 0 Å². The number of nitrogens with one attached hydrogen (secondary N) is 1. The number of carbonyl (C=O) groups is 2. The number of hydrogen-bond acceptors (Lipinski definition) is 4. The van der Waals surface area contributed by atoms with Crippen molar-refractivity contribution in [3.05, 3.63) is 53.2 Å². The van der Waals surface area contributed by atoms with Crippen LogP contribution < -0.4 is 0 Å². The second-order valence-electron chi connectivity index (χ2n) is 4.82. The van der Waals surface area contributed by atoms with Crippen molar-refractivity contribution < 1.29 is 19.1 Å². The first-order chi connectivity index (χ1) is 11.1. The predicted octanol–water partition coefficient (Wildman–Crippen LogP) is 3.68. The van der Waals surface area contributed by atoms with E-state index in [1.807, 2.05) is 49.4 Å². The highest BCUT2D eigenvalue weighted by molar-refractivity contribution is 6.07. The largest absolute Gasteiger partial charge is 0.465 e. The second-order valence-corrected chi connectivity index (χ2v) is 4.82. The fraction of sp³-hybridized carbons (Fsp3) is 0.222. The number of aromatic amines is 1. The number of esters is 2. The van der Waals surface area contributed by atoms with Crippen LogP contribution in [0.2, 0.25) is 0 Å².